The molecule has 1 aromatic carbocycles. The van der Waals surface area contributed by atoms with E-state index in [1.807, 2.05) is 0 Å². The summed E-state index contributed by atoms with van der Waals surface area (Å²) in [5.41, 5.74) is 0.256. The van der Waals surface area contributed by atoms with Gasteiger partial charge < -0.3 is 15.2 Å². The van der Waals surface area contributed by atoms with E-state index in [0.29, 0.717) is 0 Å². The minimum absolute atomic E-state index is 0.0639. The molecule has 1 aromatic rings. The summed E-state index contributed by atoms with van der Waals surface area (Å²) in [4.78, 5) is 22.7. The zero-order valence-corrected chi connectivity index (χ0v) is 11.0. The van der Waals surface area contributed by atoms with E-state index in [2.05, 4.69) is 10.1 Å². The highest BCUT2D eigenvalue weighted by Gasteiger charge is 2.17. The molecule has 1 atom stereocenters. The first-order valence-electron chi connectivity index (χ1n) is 4.94. The monoisotopic (exact) mass is 291 g/mol. The van der Waals surface area contributed by atoms with Crippen LogP contribution in [0.2, 0.25) is 5.02 Å². The van der Waals surface area contributed by atoms with E-state index >= 15 is 0 Å². The second kappa shape index (κ2) is 6.47. The van der Waals surface area contributed by atoms with E-state index in [-0.39, 0.29) is 22.9 Å². The number of amides is 1. The number of methoxy groups -OCH3 is 1. The van der Waals surface area contributed by atoms with Crippen molar-refractivity contribution >= 4 is 35.1 Å². The topological polar surface area (TPSA) is 75.6 Å². The van der Waals surface area contributed by atoms with Crippen molar-refractivity contribution in [1.29, 1.82) is 0 Å². The Labute approximate surface area is 114 Å². The van der Waals surface area contributed by atoms with Crippen LogP contribution in [0, 0.1) is 0 Å². The van der Waals surface area contributed by atoms with Gasteiger partial charge in [-0.3, -0.25) is 9.59 Å². The molecule has 0 saturated heterocycles. The summed E-state index contributed by atoms with van der Waals surface area (Å²) in [6.45, 7) is -0.0639. The summed E-state index contributed by atoms with van der Waals surface area (Å²) in [5.74, 6) is -1.19. The molecule has 0 heterocycles. The average Bonchev–Trinajstić information content (AvgIpc) is 2.37. The Hall–Kier alpha value is -1.46. The lowest BCUT2D eigenvalue weighted by Crippen LogP contribution is -2.34. The van der Waals surface area contributed by atoms with Crippen LogP contribution in [0.4, 0.5) is 0 Å². The summed E-state index contributed by atoms with van der Waals surface area (Å²) in [5, 5.41) is 10.8. The van der Waals surface area contributed by atoms with Gasteiger partial charge in [-0.1, -0.05) is 11.6 Å². The highest BCUT2D eigenvalue weighted by Crippen LogP contribution is 2.23. The van der Waals surface area contributed by atoms with Gasteiger partial charge >= 0.3 is 5.97 Å². The molecule has 0 aliphatic heterocycles. The van der Waals surface area contributed by atoms with Crippen LogP contribution in [0.25, 0.3) is 0 Å². The number of rotatable bonds is 4. The number of carbonyl (C=O) groups excluding carboxylic acids is 2. The number of hydrogen-bond acceptors (Lipinski definition) is 4. The molecule has 0 aliphatic rings. The number of carbonyl (C=O) groups is 2. The van der Waals surface area contributed by atoms with Gasteiger partial charge in [0.25, 0.3) is 5.91 Å². The van der Waals surface area contributed by atoms with Crippen molar-refractivity contribution in [2.24, 2.45) is 0 Å². The Bertz CT molecular complexity index is 464. The number of phenolic OH excluding ortho intramolecular Hbond substituents is 1. The zero-order chi connectivity index (χ0) is 13.7. The summed E-state index contributed by atoms with van der Waals surface area (Å²) in [7, 11) is 1.21. The quantitative estimate of drug-likeness (QED) is 0.652. The van der Waals surface area contributed by atoms with Crippen molar-refractivity contribution in [3.05, 3.63) is 28.8 Å². The average molecular weight is 292 g/mol. The van der Waals surface area contributed by atoms with E-state index in [0.717, 1.165) is 0 Å². The van der Waals surface area contributed by atoms with E-state index in [9.17, 15) is 14.7 Å². The van der Waals surface area contributed by atoms with Crippen molar-refractivity contribution in [3.63, 3.8) is 0 Å². The number of aromatic hydroxyl groups is 1. The normalized spacial score (nSPS) is 11.7. The predicted molar refractivity (Wildman–Crippen MR) is 67.1 cm³/mol. The fraction of sp³-hybridized carbons (Fsp3) is 0.273. The van der Waals surface area contributed by atoms with Gasteiger partial charge in [0, 0.05) is 12.1 Å². The maximum absolute atomic E-state index is 11.7. The number of phenols is 1. The third-order valence-electron chi connectivity index (χ3n) is 2.11. The smallest absolute Gasteiger partial charge is 0.325 e. The Morgan fingerprint density at radius 1 is 1.50 bits per heavy atom. The third-order valence-corrected chi connectivity index (χ3v) is 2.74. The molecule has 0 saturated carbocycles. The number of hydrogen-bond donors (Lipinski definition) is 2. The fourth-order valence-corrected chi connectivity index (χ4v) is 1.49. The van der Waals surface area contributed by atoms with Crippen LogP contribution in [-0.4, -0.2) is 36.0 Å². The van der Waals surface area contributed by atoms with Gasteiger partial charge in [0.2, 0.25) is 0 Å². The van der Waals surface area contributed by atoms with E-state index in [4.69, 9.17) is 23.2 Å². The molecule has 2 N–H and O–H groups in total. The molecule has 1 rings (SSSR count). The molecule has 98 valence electrons. The molecule has 1 amide bonds. The van der Waals surface area contributed by atoms with Crippen molar-refractivity contribution in [1.82, 2.24) is 5.32 Å². The largest absolute Gasteiger partial charge is 0.506 e. The van der Waals surface area contributed by atoms with E-state index < -0.39 is 17.3 Å². The molecule has 0 aliphatic carbocycles. The molecule has 18 heavy (non-hydrogen) atoms. The number of halogens is 2. The SMILES string of the molecule is COC(=O)C(Cl)CNC(=O)c1ccc(O)c(Cl)c1. The van der Waals surface area contributed by atoms with E-state index in [1.54, 1.807) is 0 Å². The lowest BCUT2D eigenvalue weighted by molar-refractivity contribution is -0.140. The minimum atomic E-state index is -0.952. The van der Waals surface area contributed by atoms with E-state index in [1.165, 1.54) is 25.3 Å². The van der Waals surface area contributed by atoms with Crippen LogP contribution in [0.3, 0.4) is 0 Å². The Balaban J connectivity index is 2.60. The molecule has 0 radical (unpaired) electrons. The van der Waals surface area contributed by atoms with Crippen LogP contribution in [0.15, 0.2) is 18.2 Å². The van der Waals surface area contributed by atoms with Crippen LogP contribution in [0.1, 0.15) is 10.4 Å². The minimum Gasteiger partial charge on any atom is -0.506 e. The van der Waals surface area contributed by atoms with Crippen LogP contribution in [0.5, 0.6) is 5.75 Å². The summed E-state index contributed by atoms with van der Waals surface area (Å²) in [6, 6.07) is 4.02. The van der Waals surface area contributed by atoms with Gasteiger partial charge in [0.05, 0.1) is 12.1 Å². The molecule has 7 heteroatoms. The second-order valence-electron chi connectivity index (χ2n) is 3.37. The first kappa shape index (κ1) is 14.6. The molecular formula is C11H11Cl2NO4. The Kier molecular flexibility index (Phi) is 5.25. The molecule has 0 spiro atoms. The van der Waals surface area contributed by atoms with Gasteiger partial charge in [-0.15, -0.1) is 11.6 Å². The van der Waals surface area contributed by atoms with Gasteiger partial charge in [-0.25, -0.2) is 0 Å². The van der Waals surface area contributed by atoms with Gasteiger partial charge in [-0.05, 0) is 18.2 Å². The number of ether oxygens (including phenoxy) is 1. The van der Waals surface area contributed by atoms with Crippen LogP contribution < -0.4 is 5.32 Å². The van der Waals surface area contributed by atoms with Gasteiger partial charge in [-0.2, -0.15) is 0 Å². The number of esters is 1. The predicted octanol–water partition coefficient (Wildman–Crippen LogP) is 1.56. The number of alkyl halides is 1. The van der Waals surface area contributed by atoms with Gasteiger partial charge in [0.15, 0.2) is 0 Å². The van der Waals surface area contributed by atoms with Crippen molar-refractivity contribution in [3.8, 4) is 5.75 Å². The summed E-state index contributed by atoms with van der Waals surface area (Å²) in [6.07, 6.45) is 0. The lowest BCUT2D eigenvalue weighted by atomic mass is 10.2. The molecule has 1 unspecified atom stereocenters. The maximum atomic E-state index is 11.7. The molecular weight excluding hydrogens is 281 g/mol. The van der Waals surface area contributed by atoms with Crippen LogP contribution >= 0.6 is 23.2 Å². The second-order valence-corrected chi connectivity index (χ2v) is 4.30. The lowest BCUT2D eigenvalue weighted by Gasteiger charge is -2.09. The van der Waals surface area contributed by atoms with Gasteiger partial charge in [0.1, 0.15) is 11.1 Å². The Morgan fingerprint density at radius 2 is 2.17 bits per heavy atom. The summed E-state index contributed by atoms with van der Waals surface area (Å²) >= 11 is 11.3. The molecule has 5 nitrogen and oxygen atoms in total. The highest BCUT2D eigenvalue weighted by atomic mass is 35.5. The first-order chi connectivity index (χ1) is 8.45. The zero-order valence-electron chi connectivity index (χ0n) is 9.44. The molecule has 0 aromatic heterocycles. The van der Waals surface area contributed by atoms with Crippen molar-refractivity contribution in [2.45, 2.75) is 5.38 Å². The standard InChI is InChI=1S/C11H11Cl2NO4/c1-18-11(17)8(13)5-14-10(16)6-2-3-9(15)7(12)4-6/h2-4,8,15H,5H2,1H3,(H,14,16). The Morgan fingerprint density at radius 3 is 2.72 bits per heavy atom. The van der Waals surface area contributed by atoms with Crippen molar-refractivity contribution in [2.75, 3.05) is 13.7 Å². The first-order valence-corrected chi connectivity index (χ1v) is 5.75. The fourth-order valence-electron chi connectivity index (χ4n) is 1.14. The maximum Gasteiger partial charge on any atom is 0.325 e. The van der Waals surface area contributed by atoms with Crippen molar-refractivity contribution < 1.29 is 19.4 Å². The number of nitrogens with one attached hydrogen (secondary N) is 1. The third kappa shape index (κ3) is 3.78. The molecule has 0 bridgehead atoms. The highest BCUT2D eigenvalue weighted by molar-refractivity contribution is 6.32. The number of benzene rings is 1. The molecule has 0 fully saturated rings. The van der Waals surface area contributed by atoms with Crippen LogP contribution in [-0.2, 0) is 9.53 Å². The summed E-state index contributed by atoms with van der Waals surface area (Å²) < 4.78 is 4.41.